The van der Waals surface area contributed by atoms with Crippen molar-refractivity contribution in [2.24, 2.45) is 11.7 Å². The SMILES string of the molecule is CC1CCN(Cc2ccc(CNC(=O)C(=O)NCCCN(C)CCCN)cc2)CC1. The standard InChI is InChI=1S/C23H39N5O2/c1-19-9-15-28(16-10-19)18-21-7-5-20(6-8-21)17-26-23(30)22(29)25-12-4-14-27(2)13-3-11-24/h5-8,19H,3-4,9-18,24H2,1-2H3,(H,25,29)(H,26,30). The van der Waals surface area contributed by atoms with Gasteiger partial charge in [-0.25, -0.2) is 0 Å². The van der Waals surface area contributed by atoms with Crippen LogP contribution in [-0.4, -0.2) is 67.9 Å². The average molecular weight is 418 g/mol. The molecule has 0 unspecified atom stereocenters. The van der Waals surface area contributed by atoms with Gasteiger partial charge in [0.05, 0.1) is 0 Å². The van der Waals surface area contributed by atoms with Crippen LogP contribution in [-0.2, 0) is 22.7 Å². The molecule has 30 heavy (non-hydrogen) atoms. The highest BCUT2D eigenvalue weighted by atomic mass is 16.2. The summed E-state index contributed by atoms with van der Waals surface area (Å²) in [5.74, 6) is -0.319. The van der Waals surface area contributed by atoms with Crippen molar-refractivity contribution in [3.05, 3.63) is 35.4 Å². The first-order valence-corrected chi connectivity index (χ1v) is 11.2. The predicted molar refractivity (Wildman–Crippen MR) is 121 cm³/mol. The molecule has 168 valence electrons. The minimum atomic E-state index is -0.585. The van der Waals surface area contributed by atoms with Crippen LogP contribution in [0.25, 0.3) is 0 Å². The summed E-state index contributed by atoms with van der Waals surface area (Å²) in [7, 11) is 2.03. The van der Waals surface area contributed by atoms with E-state index in [0.29, 0.717) is 19.6 Å². The van der Waals surface area contributed by atoms with Crippen LogP contribution in [0.2, 0.25) is 0 Å². The smallest absolute Gasteiger partial charge is 0.309 e. The van der Waals surface area contributed by atoms with Crippen LogP contribution in [0.3, 0.4) is 0 Å². The quantitative estimate of drug-likeness (QED) is 0.373. The van der Waals surface area contributed by atoms with Gasteiger partial charge in [0, 0.05) is 19.6 Å². The first-order valence-electron chi connectivity index (χ1n) is 11.2. The number of benzene rings is 1. The normalized spacial score (nSPS) is 15.3. The molecule has 1 saturated heterocycles. The summed E-state index contributed by atoms with van der Waals surface area (Å²) in [4.78, 5) is 28.6. The van der Waals surface area contributed by atoms with Crippen LogP contribution in [0.15, 0.2) is 24.3 Å². The molecule has 0 bridgehead atoms. The Labute approximate surface area is 181 Å². The Balaban J connectivity index is 1.62. The molecule has 0 atom stereocenters. The van der Waals surface area contributed by atoms with Gasteiger partial charge in [-0.1, -0.05) is 31.2 Å². The van der Waals surface area contributed by atoms with Gasteiger partial charge in [-0.2, -0.15) is 0 Å². The van der Waals surface area contributed by atoms with E-state index >= 15 is 0 Å². The number of hydrogen-bond donors (Lipinski definition) is 3. The largest absolute Gasteiger partial charge is 0.348 e. The zero-order chi connectivity index (χ0) is 21.8. The van der Waals surface area contributed by atoms with E-state index in [9.17, 15) is 9.59 Å². The molecule has 0 spiro atoms. The third kappa shape index (κ3) is 9.24. The molecule has 1 aliphatic heterocycles. The second-order valence-electron chi connectivity index (χ2n) is 8.51. The molecule has 0 aromatic heterocycles. The molecule has 0 saturated carbocycles. The number of hydrogen-bond acceptors (Lipinski definition) is 5. The van der Waals surface area contributed by atoms with Crippen LogP contribution >= 0.6 is 0 Å². The molecular formula is C23H39N5O2. The van der Waals surface area contributed by atoms with Crippen LogP contribution in [0.4, 0.5) is 0 Å². The Bertz CT molecular complexity index is 641. The lowest BCUT2D eigenvalue weighted by Gasteiger charge is -2.30. The summed E-state index contributed by atoms with van der Waals surface area (Å²) >= 11 is 0. The Morgan fingerprint density at radius 3 is 2.30 bits per heavy atom. The molecule has 1 fully saturated rings. The third-order valence-electron chi connectivity index (χ3n) is 5.71. The van der Waals surface area contributed by atoms with Crippen LogP contribution in [0.1, 0.15) is 43.7 Å². The molecule has 1 heterocycles. The van der Waals surface area contributed by atoms with Crippen molar-refractivity contribution in [3.8, 4) is 0 Å². The summed E-state index contributed by atoms with van der Waals surface area (Å²) in [5, 5.41) is 5.38. The van der Waals surface area contributed by atoms with Gasteiger partial charge in [0.15, 0.2) is 0 Å². The number of nitrogens with two attached hydrogens (primary N) is 1. The lowest BCUT2D eigenvalue weighted by atomic mass is 9.99. The topological polar surface area (TPSA) is 90.7 Å². The minimum absolute atomic E-state index is 0.357. The summed E-state index contributed by atoms with van der Waals surface area (Å²) in [6.45, 7) is 8.97. The van der Waals surface area contributed by atoms with E-state index in [1.807, 2.05) is 19.2 Å². The Morgan fingerprint density at radius 2 is 1.63 bits per heavy atom. The third-order valence-corrected chi connectivity index (χ3v) is 5.71. The van der Waals surface area contributed by atoms with Crippen molar-refractivity contribution in [2.75, 3.05) is 46.3 Å². The highest BCUT2D eigenvalue weighted by Gasteiger charge is 2.16. The van der Waals surface area contributed by atoms with E-state index in [2.05, 4.69) is 39.5 Å². The molecule has 0 radical (unpaired) electrons. The average Bonchev–Trinajstić information content (AvgIpc) is 2.76. The highest BCUT2D eigenvalue weighted by molar-refractivity contribution is 6.35. The fraction of sp³-hybridized carbons (Fsp3) is 0.652. The van der Waals surface area contributed by atoms with Gasteiger partial charge in [0.25, 0.3) is 0 Å². The molecule has 2 rings (SSSR count). The van der Waals surface area contributed by atoms with E-state index < -0.39 is 11.8 Å². The van der Waals surface area contributed by atoms with Crippen LogP contribution in [0, 0.1) is 5.92 Å². The van der Waals surface area contributed by atoms with Crippen molar-refractivity contribution < 1.29 is 9.59 Å². The zero-order valence-corrected chi connectivity index (χ0v) is 18.7. The molecule has 1 aromatic carbocycles. The van der Waals surface area contributed by atoms with Crippen LogP contribution < -0.4 is 16.4 Å². The number of piperidine rings is 1. The van der Waals surface area contributed by atoms with E-state index in [1.165, 1.54) is 18.4 Å². The molecular weight excluding hydrogens is 378 g/mol. The highest BCUT2D eigenvalue weighted by Crippen LogP contribution is 2.18. The van der Waals surface area contributed by atoms with Crippen molar-refractivity contribution >= 4 is 11.8 Å². The predicted octanol–water partition coefficient (Wildman–Crippen LogP) is 1.32. The fourth-order valence-electron chi connectivity index (χ4n) is 3.61. The first kappa shape index (κ1) is 24.3. The van der Waals surface area contributed by atoms with Gasteiger partial charge >= 0.3 is 11.8 Å². The van der Waals surface area contributed by atoms with Crippen molar-refractivity contribution in [3.63, 3.8) is 0 Å². The molecule has 0 aliphatic carbocycles. The maximum absolute atomic E-state index is 12.0. The van der Waals surface area contributed by atoms with Crippen molar-refractivity contribution in [2.45, 2.75) is 45.7 Å². The lowest BCUT2D eigenvalue weighted by Crippen LogP contribution is -2.40. The maximum Gasteiger partial charge on any atom is 0.309 e. The Kier molecular flexibility index (Phi) is 10.8. The number of carbonyl (C=O) groups excluding carboxylic acids is 2. The van der Waals surface area contributed by atoms with Gasteiger partial charge in [0.1, 0.15) is 0 Å². The van der Waals surface area contributed by atoms with Gasteiger partial charge in [0.2, 0.25) is 0 Å². The molecule has 2 amide bonds. The van der Waals surface area contributed by atoms with Crippen molar-refractivity contribution in [1.29, 1.82) is 0 Å². The van der Waals surface area contributed by atoms with E-state index in [-0.39, 0.29) is 0 Å². The summed E-state index contributed by atoms with van der Waals surface area (Å²) in [6.07, 6.45) is 4.32. The van der Waals surface area contributed by atoms with E-state index in [0.717, 1.165) is 57.0 Å². The second-order valence-corrected chi connectivity index (χ2v) is 8.51. The number of nitrogens with zero attached hydrogens (tertiary/aromatic N) is 2. The molecule has 7 nitrogen and oxygen atoms in total. The molecule has 4 N–H and O–H groups in total. The van der Waals surface area contributed by atoms with Gasteiger partial charge in [-0.15, -0.1) is 0 Å². The van der Waals surface area contributed by atoms with Crippen LogP contribution in [0.5, 0.6) is 0 Å². The van der Waals surface area contributed by atoms with Gasteiger partial charge in [-0.05, 0) is 82.5 Å². The summed E-state index contributed by atoms with van der Waals surface area (Å²) < 4.78 is 0. The number of nitrogens with one attached hydrogen (secondary N) is 2. The molecule has 7 heteroatoms. The number of amides is 2. The number of carbonyl (C=O) groups is 2. The first-order chi connectivity index (χ1) is 14.5. The lowest BCUT2D eigenvalue weighted by molar-refractivity contribution is -0.139. The minimum Gasteiger partial charge on any atom is -0.348 e. The Morgan fingerprint density at radius 1 is 1.03 bits per heavy atom. The molecule has 1 aromatic rings. The van der Waals surface area contributed by atoms with Gasteiger partial charge in [-0.3, -0.25) is 14.5 Å². The number of rotatable bonds is 11. The zero-order valence-electron chi connectivity index (χ0n) is 18.7. The summed E-state index contributed by atoms with van der Waals surface area (Å²) in [6, 6.07) is 8.27. The van der Waals surface area contributed by atoms with E-state index in [1.54, 1.807) is 0 Å². The van der Waals surface area contributed by atoms with Crippen molar-refractivity contribution in [1.82, 2.24) is 20.4 Å². The second kappa shape index (κ2) is 13.4. The number of likely N-dealkylation sites (tertiary alicyclic amines) is 1. The fourth-order valence-corrected chi connectivity index (χ4v) is 3.61. The maximum atomic E-state index is 12.0. The Hall–Kier alpha value is -1.96. The monoisotopic (exact) mass is 417 g/mol. The van der Waals surface area contributed by atoms with E-state index in [4.69, 9.17) is 5.73 Å². The summed E-state index contributed by atoms with van der Waals surface area (Å²) in [5.41, 5.74) is 7.77. The van der Waals surface area contributed by atoms with Gasteiger partial charge < -0.3 is 21.3 Å². The molecule has 1 aliphatic rings.